The van der Waals surface area contributed by atoms with E-state index in [1.807, 2.05) is 0 Å². The number of benzene rings is 2. The van der Waals surface area contributed by atoms with Crippen molar-refractivity contribution in [3.63, 3.8) is 0 Å². The molecule has 1 saturated heterocycles. The average molecular weight is 298 g/mol. The summed E-state index contributed by atoms with van der Waals surface area (Å²) in [5.74, 6) is -1.63. The van der Waals surface area contributed by atoms with Crippen LogP contribution in [0.2, 0.25) is 0 Å². The fourth-order valence-electron chi connectivity index (χ4n) is 2.09. The smallest absolute Gasteiger partial charge is 0.282 e. The maximum atomic E-state index is 12.9. The van der Waals surface area contributed by atoms with Crippen LogP contribution in [-0.2, 0) is 9.59 Å². The predicted octanol–water partition coefficient (Wildman–Crippen LogP) is 1.99. The summed E-state index contributed by atoms with van der Waals surface area (Å²) in [5.41, 5.74) is 3.01. The number of phenols is 1. The number of rotatable bonds is 2. The Kier molecular flexibility index (Phi) is 3.34. The van der Waals surface area contributed by atoms with Crippen LogP contribution in [0.5, 0.6) is 5.75 Å². The van der Waals surface area contributed by atoms with Gasteiger partial charge in [-0.15, -0.1) is 0 Å². The zero-order valence-corrected chi connectivity index (χ0v) is 11.3. The van der Waals surface area contributed by atoms with Gasteiger partial charge in [0.05, 0.1) is 5.69 Å². The molecule has 6 heteroatoms. The summed E-state index contributed by atoms with van der Waals surface area (Å²) in [4.78, 5) is 24.3. The van der Waals surface area contributed by atoms with Crippen LogP contribution in [0.3, 0.4) is 0 Å². The summed E-state index contributed by atoms with van der Waals surface area (Å²) in [5, 5.41) is 10.7. The van der Waals surface area contributed by atoms with Crippen molar-refractivity contribution < 1.29 is 19.1 Å². The molecule has 0 bridgehead atoms. The molecule has 0 saturated carbocycles. The fourth-order valence-corrected chi connectivity index (χ4v) is 2.09. The largest absolute Gasteiger partial charge is 0.507 e. The zero-order chi connectivity index (χ0) is 15.7. The Morgan fingerprint density at radius 3 is 2.41 bits per heavy atom. The van der Waals surface area contributed by atoms with Crippen LogP contribution in [-0.4, -0.2) is 16.9 Å². The summed E-state index contributed by atoms with van der Waals surface area (Å²) in [6, 6.07) is 11.5. The second-order valence-electron chi connectivity index (χ2n) is 4.67. The van der Waals surface area contributed by atoms with Crippen LogP contribution in [0.1, 0.15) is 5.56 Å². The standard InChI is InChI=1S/C16H11FN2O3/c17-11-5-7-12(8-6-11)19-16(22)13(15(21)18-19)9-10-3-1-2-4-14(10)20/h1-9,20H,(H,18,21)/b13-9-. The Bertz CT molecular complexity index is 784. The minimum atomic E-state index is -0.586. The molecule has 22 heavy (non-hydrogen) atoms. The first-order chi connectivity index (χ1) is 10.6. The number of hydrogen-bond acceptors (Lipinski definition) is 3. The van der Waals surface area contributed by atoms with Crippen molar-refractivity contribution >= 4 is 23.6 Å². The molecule has 5 nitrogen and oxygen atoms in total. The highest BCUT2D eigenvalue weighted by atomic mass is 19.1. The second kappa shape index (κ2) is 5.33. The molecule has 0 radical (unpaired) electrons. The summed E-state index contributed by atoms with van der Waals surface area (Å²) in [7, 11) is 0. The topological polar surface area (TPSA) is 69.6 Å². The molecular formula is C16H11FN2O3. The summed E-state index contributed by atoms with van der Waals surface area (Å²) in [6.07, 6.45) is 1.32. The Balaban J connectivity index is 1.95. The number of para-hydroxylation sites is 1. The first-order valence-corrected chi connectivity index (χ1v) is 6.47. The van der Waals surface area contributed by atoms with Crippen LogP contribution in [0, 0.1) is 5.82 Å². The van der Waals surface area contributed by atoms with Crippen molar-refractivity contribution in [3.8, 4) is 5.75 Å². The van der Waals surface area contributed by atoms with E-state index in [1.165, 1.54) is 36.4 Å². The number of nitrogens with one attached hydrogen (secondary N) is 1. The van der Waals surface area contributed by atoms with Gasteiger partial charge in [-0.25, -0.2) is 9.40 Å². The van der Waals surface area contributed by atoms with Crippen LogP contribution in [0.25, 0.3) is 6.08 Å². The molecule has 3 rings (SSSR count). The van der Waals surface area contributed by atoms with Crippen LogP contribution >= 0.6 is 0 Å². The van der Waals surface area contributed by atoms with E-state index in [4.69, 9.17) is 0 Å². The van der Waals surface area contributed by atoms with Gasteiger partial charge >= 0.3 is 0 Å². The zero-order valence-electron chi connectivity index (χ0n) is 11.3. The SMILES string of the molecule is O=C1NN(c2ccc(F)cc2)C(=O)/C1=C\c1ccccc1O. The van der Waals surface area contributed by atoms with E-state index in [-0.39, 0.29) is 11.3 Å². The minimum absolute atomic E-state index is 0.0316. The monoisotopic (exact) mass is 298 g/mol. The third kappa shape index (κ3) is 2.42. The number of phenolic OH excluding ortho intramolecular Hbond substituents is 1. The van der Waals surface area contributed by atoms with Crippen LogP contribution in [0.15, 0.2) is 54.1 Å². The molecule has 1 aliphatic heterocycles. The number of carbonyl (C=O) groups is 2. The van der Waals surface area contributed by atoms with Crippen molar-refractivity contribution in [1.29, 1.82) is 0 Å². The maximum absolute atomic E-state index is 12.9. The van der Waals surface area contributed by atoms with Gasteiger partial charge in [-0.2, -0.15) is 0 Å². The van der Waals surface area contributed by atoms with Crippen molar-refractivity contribution in [2.24, 2.45) is 0 Å². The highest BCUT2D eigenvalue weighted by Crippen LogP contribution is 2.24. The number of nitrogens with zero attached hydrogens (tertiary/aromatic N) is 1. The normalized spacial score (nSPS) is 16.2. The fraction of sp³-hybridized carbons (Fsp3) is 0. The molecule has 110 valence electrons. The van der Waals surface area contributed by atoms with Gasteiger partial charge in [-0.3, -0.25) is 15.0 Å². The third-order valence-electron chi connectivity index (χ3n) is 3.21. The molecular weight excluding hydrogens is 287 g/mol. The van der Waals surface area contributed by atoms with Crippen molar-refractivity contribution in [1.82, 2.24) is 5.43 Å². The average Bonchev–Trinajstić information content (AvgIpc) is 2.78. The number of hydrazine groups is 1. The van der Waals surface area contributed by atoms with Gasteiger partial charge in [0.15, 0.2) is 0 Å². The molecule has 1 aliphatic rings. The molecule has 0 spiro atoms. The van der Waals surface area contributed by atoms with Gasteiger partial charge in [0.25, 0.3) is 11.8 Å². The van der Waals surface area contributed by atoms with Crippen molar-refractivity contribution in [2.75, 3.05) is 5.01 Å². The first-order valence-electron chi connectivity index (χ1n) is 6.47. The number of anilines is 1. The summed E-state index contributed by atoms with van der Waals surface area (Å²) >= 11 is 0. The number of halogens is 1. The van der Waals surface area contributed by atoms with E-state index >= 15 is 0 Å². The van der Waals surface area contributed by atoms with Gasteiger partial charge in [0.2, 0.25) is 0 Å². The minimum Gasteiger partial charge on any atom is -0.507 e. The molecule has 0 atom stereocenters. The lowest BCUT2D eigenvalue weighted by Crippen LogP contribution is -2.35. The second-order valence-corrected chi connectivity index (χ2v) is 4.67. The number of hydrogen-bond donors (Lipinski definition) is 2. The Morgan fingerprint density at radius 1 is 1.05 bits per heavy atom. The van der Waals surface area contributed by atoms with E-state index in [0.717, 1.165) is 5.01 Å². The molecule has 1 fully saturated rings. The lowest BCUT2D eigenvalue weighted by molar-refractivity contribution is -0.117. The highest BCUT2D eigenvalue weighted by Gasteiger charge is 2.34. The van der Waals surface area contributed by atoms with Crippen molar-refractivity contribution in [2.45, 2.75) is 0 Å². The van der Waals surface area contributed by atoms with Gasteiger partial charge < -0.3 is 5.11 Å². The van der Waals surface area contributed by atoms with Gasteiger partial charge in [-0.05, 0) is 36.4 Å². The molecule has 2 aromatic carbocycles. The first kappa shape index (κ1) is 13.8. The molecule has 2 amide bonds. The quantitative estimate of drug-likeness (QED) is 0.658. The van der Waals surface area contributed by atoms with E-state index in [9.17, 15) is 19.1 Å². The third-order valence-corrected chi connectivity index (χ3v) is 3.21. The Labute approximate surface area is 125 Å². The van der Waals surface area contributed by atoms with Gasteiger partial charge in [0, 0.05) is 5.56 Å². The number of aromatic hydroxyl groups is 1. The lowest BCUT2D eigenvalue weighted by Gasteiger charge is -2.14. The lowest BCUT2D eigenvalue weighted by atomic mass is 10.1. The van der Waals surface area contributed by atoms with Crippen LogP contribution in [0.4, 0.5) is 10.1 Å². The van der Waals surface area contributed by atoms with E-state index in [0.29, 0.717) is 11.3 Å². The molecule has 2 N–H and O–H groups in total. The number of amides is 2. The molecule has 2 aromatic rings. The molecule has 0 unspecified atom stereocenters. The van der Waals surface area contributed by atoms with E-state index < -0.39 is 17.6 Å². The van der Waals surface area contributed by atoms with Crippen molar-refractivity contribution in [3.05, 3.63) is 65.5 Å². The van der Waals surface area contributed by atoms with Gasteiger partial charge in [0.1, 0.15) is 17.1 Å². The number of carbonyl (C=O) groups excluding carboxylic acids is 2. The van der Waals surface area contributed by atoms with E-state index in [1.54, 1.807) is 18.2 Å². The van der Waals surface area contributed by atoms with Gasteiger partial charge in [-0.1, -0.05) is 18.2 Å². The van der Waals surface area contributed by atoms with Crippen LogP contribution < -0.4 is 10.4 Å². The summed E-state index contributed by atoms with van der Waals surface area (Å²) in [6.45, 7) is 0. The maximum Gasteiger partial charge on any atom is 0.282 e. The Hall–Kier alpha value is -3.15. The van der Waals surface area contributed by atoms with E-state index in [2.05, 4.69) is 5.43 Å². The Morgan fingerprint density at radius 2 is 1.73 bits per heavy atom. The predicted molar refractivity (Wildman–Crippen MR) is 78.1 cm³/mol. The highest BCUT2D eigenvalue weighted by molar-refractivity contribution is 6.31. The molecule has 0 aliphatic carbocycles. The summed E-state index contributed by atoms with van der Waals surface area (Å²) < 4.78 is 12.9. The molecule has 1 heterocycles. The molecule has 0 aromatic heterocycles.